The van der Waals surface area contributed by atoms with Crippen molar-refractivity contribution in [1.29, 1.82) is 0 Å². The van der Waals surface area contributed by atoms with E-state index >= 15 is 0 Å². The van der Waals surface area contributed by atoms with Gasteiger partial charge in [0.15, 0.2) is 0 Å². The number of benzene rings is 2. The second-order valence-corrected chi connectivity index (χ2v) is 12.3. The highest BCUT2D eigenvalue weighted by molar-refractivity contribution is 5.98. The Bertz CT molecular complexity index is 1470. The van der Waals surface area contributed by atoms with Crippen molar-refractivity contribution in [2.75, 3.05) is 25.0 Å². The number of aliphatic hydroxyl groups is 1. The molecule has 3 aromatic rings. The molecule has 2 saturated heterocycles. The lowest BCUT2D eigenvalue weighted by atomic mass is 9.95. The number of rotatable bonds is 9. The van der Waals surface area contributed by atoms with Crippen LogP contribution in [-0.4, -0.2) is 58.8 Å². The van der Waals surface area contributed by atoms with Crippen molar-refractivity contribution >= 4 is 11.6 Å². The minimum absolute atomic E-state index is 0.160. The molecule has 0 bridgehead atoms. The predicted octanol–water partition coefficient (Wildman–Crippen LogP) is 5.22. The van der Waals surface area contributed by atoms with Crippen LogP contribution in [0.4, 0.5) is 5.69 Å². The number of anilines is 1. The van der Waals surface area contributed by atoms with Gasteiger partial charge in [-0.2, -0.15) is 0 Å². The molecule has 8 heteroatoms. The molecule has 2 unspecified atom stereocenters. The molecule has 0 saturated carbocycles. The standard InChI is InChI=1S/C35H46N4O4/c1-5-30-19-28(12-15-43-30)38-33-18-27(26-8-6-25(7-9-26)21-39-13-10-29(40)11-14-39)17-31(24(33)4)34(41)36-20-32-22(2)16-23(3)37-35(32)42/h6-9,16-18,28-30,38,40H,5,10-15,19-21H2,1-4H3,(H,36,41)(H,37,42). The SMILES string of the molecule is CCC1CC(Nc2cc(-c3ccc(CN4CCC(O)CC4)cc3)cc(C(=O)NCc3c(C)cc(C)[nH]c3=O)c2C)CCO1. The van der Waals surface area contributed by atoms with E-state index in [9.17, 15) is 14.7 Å². The van der Waals surface area contributed by atoms with E-state index in [0.717, 1.165) is 92.0 Å². The molecule has 2 aliphatic heterocycles. The quantitative estimate of drug-likeness (QED) is 0.274. The summed E-state index contributed by atoms with van der Waals surface area (Å²) in [6, 6.07) is 14.9. The largest absolute Gasteiger partial charge is 0.393 e. The van der Waals surface area contributed by atoms with Crippen molar-refractivity contribution in [1.82, 2.24) is 15.2 Å². The molecular formula is C35H46N4O4. The zero-order valence-electron chi connectivity index (χ0n) is 26.0. The van der Waals surface area contributed by atoms with Gasteiger partial charge in [-0.15, -0.1) is 0 Å². The maximum absolute atomic E-state index is 13.7. The summed E-state index contributed by atoms with van der Waals surface area (Å²) in [5.74, 6) is -0.205. The van der Waals surface area contributed by atoms with Crippen molar-refractivity contribution in [2.24, 2.45) is 0 Å². The Morgan fingerprint density at radius 3 is 2.49 bits per heavy atom. The third-order valence-corrected chi connectivity index (χ3v) is 9.00. The van der Waals surface area contributed by atoms with Crippen LogP contribution in [0, 0.1) is 20.8 Å². The van der Waals surface area contributed by atoms with E-state index in [1.54, 1.807) is 0 Å². The Kier molecular flexibility index (Phi) is 10.0. The Labute approximate surface area is 254 Å². The lowest BCUT2D eigenvalue weighted by Crippen LogP contribution is -2.35. The van der Waals surface area contributed by atoms with Crippen LogP contribution in [0.25, 0.3) is 11.1 Å². The number of pyridine rings is 1. The minimum Gasteiger partial charge on any atom is -0.393 e. The maximum Gasteiger partial charge on any atom is 0.253 e. The highest BCUT2D eigenvalue weighted by atomic mass is 16.5. The summed E-state index contributed by atoms with van der Waals surface area (Å²) in [5, 5.41) is 16.6. The molecule has 4 N–H and O–H groups in total. The first-order valence-corrected chi connectivity index (χ1v) is 15.7. The number of carbonyl (C=O) groups excluding carboxylic acids is 1. The lowest BCUT2D eigenvalue weighted by Gasteiger charge is -2.31. The van der Waals surface area contributed by atoms with Gasteiger partial charge in [0.05, 0.1) is 12.2 Å². The fraction of sp³-hybridized carbons (Fsp3) is 0.486. The Balaban J connectivity index is 1.40. The number of aliphatic hydroxyl groups excluding tert-OH is 1. The van der Waals surface area contributed by atoms with Crippen LogP contribution in [0.2, 0.25) is 0 Å². The van der Waals surface area contributed by atoms with Gasteiger partial charge in [0, 0.05) is 61.3 Å². The number of carbonyl (C=O) groups is 1. The number of likely N-dealkylation sites (tertiary alicyclic amines) is 1. The van der Waals surface area contributed by atoms with Gasteiger partial charge in [-0.25, -0.2) is 0 Å². The van der Waals surface area contributed by atoms with Crippen LogP contribution in [0.1, 0.15) is 77.3 Å². The lowest BCUT2D eigenvalue weighted by molar-refractivity contribution is 0.00924. The van der Waals surface area contributed by atoms with Gasteiger partial charge in [0.1, 0.15) is 0 Å². The third kappa shape index (κ3) is 7.74. The number of nitrogens with zero attached hydrogens (tertiary/aromatic N) is 1. The Morgan fingerprint density at radius 2 is 1.79 bits per heavy atom. The molecule has 2 fully saturated rings. The molecule has 2 atom stereocenters. The molecule has 1 aromatic heterocycles. The summed E-state index contributed by atoms with van der Waals surface area (Å²) in [4.78, 5) is 31.5. The smallest absolute Gasteiger partial charge is 0.253 e. The molecule has 2 aromatic carbocycles. The average Bonchev–Trinajstić information content (AvgIpc) is 2.99. The number of amides is 1. The molecule has 8 nitrogen and oxygen atoms in total. The number of hydrogen-bond acceptors (Lipinski definition) is 6. The van der Waals surface area contributed by atoms with Gasteiger partial charge in [-0.3, -0.25) is 14.5 Å². The van der Waals surface area contributed by atoms with Crippen LogP contribution < -0.4 is 16.2 Å². The van der Waals surface area contributed by atoms with Gasteiger partial charge >= 0.3 is 0 Å². The highest BCUT2D eigenvalue weighted by Gasteiger charge is 2.24. The topological polar surface area (TPSA) is 107 Å². The van der Waals surface area contributed by atoms with Crippen LogP contribution >= 0.6 is 0 Å². The minimum atomic E-state index is -0.205. The zero-order valence-corrected chi connectivity index (χ0v) is 26.0. The molecule has 3 heterocycles. The zero-order chi connectivity index (χ0) is 30.5. The van der Waals surface area contributed by atoms with E-state index in [1.165, 1.54) is 5.56 Å². The molecule has 2 aliphatic rings. The van der Waals surface area contributed by atoms with Gasteiger partial charge in [-0.05, 0) is 98.9 Å². The van der Waals surface area contributed by atoms with Gasteiger partial charge in [0.2, 0.25) is 0 Å². The fourth-order valence-corrected chi connectivity index (χ4v) is 6.29. The van der Waals surface area contributed by atoms with E-state index in [2.05, 4.69) is 57.8 Å². The Hall–Kier alpha value is -3.46. The molecule has 0 aliphatic carbocycles. The summed E-state index contributed by atoms with van der Waals surface area (Å²) in [6.07, 6.45) is 4.54. The monoisotopic (exact) mass is 586 g/mol. The molecule has 43 heavy (non-hydrogen) atoms. The second kappa shape index (κ2) is 13.9. The molecule has 0 radical (unpaired) electrons. The van der Waals surface area contributed by atoms with Crippen molar-refractivity contribution in [3.05, 3.63) is 86.3 Å². The molecule has 1 amide bonds. The van der Waals surface area contributed by atoms with Gasteiger partial charge in [-0.1, -0.05) is 31.2 Å². The van der Waals surface area contributed by atoms with E-state index < -0.39 is 0 Å². The predicted molar refractivity (Wildman–Crippen MR) is 172 cm³/mol. The van der Waals surface area contributed by atoms with E-state index in [1.807, 2.05) is 32.9 Å². The van der Waals surface area contributed by atoms with Crippen molar-refractivity contribution in [2.45, 2.75) is 91.1 Å². The molecule has 230 valence electrons. The average molecular weight is 587 g/mol. The second-order valence-electron chi connectivity index (χ2n) is 12.3. The van der Waals surface area contributed by atoms with Crippen molar-refractivity contribution < 1.29 is 14.6 Å². The molecule has 0 spiro atoms. The third-order valence-electron chi connectivity index (χ3n) is 9.00. The van der Waals surface area contributed by atoms with Crippen LogP contribution in [0.3, 0.4) is 0 Å². The molecule has 5 rings (SSSR count). The van der Waals surface area contributed by atoms with Crippen LogP contribution in [0.15, 0.2) is 47.3 Å². The fourth-order valence-electron chi connectivity index (χ4n) is 6.29. The number of nitrogens with one attached hydrogen (secondary N) is 3. The number of hydrogen-bond donors (Lipinski definition) is 4. The summed E-state index contributed by atoms with van der Waals surface area (Å²) >= 11 is 0. The van der Waals surface area contributed by atoms with E-state index in [-0.39, 0.29) is 36.3 Å². The number of ether oxygens (including phenoxy) is 1. The molecular weight excluding hydrogens is 540 g/mol. The van der Waals surface area contributed by atoms with Crippen molar-refractivity contribution in [3.8, 4) is 11.1 Å². The van der Waals surface area contributed by atoms with Crippen LogP contribution in [-0.2, 0) is 17.8 Å². The van der Waals surface area contributed by atoms with E-state index in [0.29, 0.717) is 11.1 Å². The first kappa shape index (κ1) is 31.0. The first-order chi connectivity index (χ1) is 20.7. The number of aryl methyl sites for hydroxylation is 2. The summed E-state index contributed by atoms with van der Waals surface area (Å²) < 4.78 is 5.90. The summed E-state index contributed by atoms with van der Waals surface area (Å²) in [6.45, 7) is 11.5. The maximum atomic E-state index is 13.7. The number of H-pyrrole nitrogens is 1. The van der Waals surface area contributed by atoms with Crippen LogP contribution in [0.5, 0.6) is 0 Å². The van der Waals surface area contributed by atoms with E-state index in [4.69, 9.17) is 4.74 Å². The first-order valence-electron chi connectivity index (χ1n) is 15.7. The van der Waals surface area contributed by atoms with Crippen molar-refractivity contribution in [3.63, 3.8) is 0 Å². The summed E-state index contributed by atoms with van der Waals surface area (Å²) in [5.41, 5.74) is 7.73. The highest BCUT2D eigenvalue weighted by Crippen LogP contribution is 2.31. The number of aromatic amines is 1. The number of aromatic nitrogens is 1. The van der Waals surface area contributed by atoms with Gasteiger partial charge in [0.25, 0.3) is 11.5 Å². The normalized spacial score (nSPS) is 19.7. The van der Waals surface area contributed by atoms with Gasteiger partial charge < -0.3 is 25.5 Å². The summed E-state index contributed by atoms with van der Waals surface area (Å²) in [7, 11) is 0. The Morgan fingerprint density at radius 1 is 1.05 bits per heavy atom. The number of piperidine rings is 1.